The second-order valence-electron chi connectivity index (χ2n) is 4.82. The fraction of sp³-hybridized carbons (Fsp3) is 1.00. The molecule has 1 heterocycles. The first-order valence-corrected chi connectivity index (χ1v) is 7.07. The predicted molar refractivity (Wildman–Crippen MR) is 73.8 cm³/mol. The van der Waals surface area contributed by atoms with E-state index in [0.717, 1.165) is 12.8 Å². The molecule has 1 rings (SSSR count). The standard InChI is InChI=1S/C14H28O6/c1-6-7-8-19-14-13(18-5)12(17-4)11(16-3)10(20-14)9-15-2/h10-14H,6-9H2,1-5H3/t10-,11+,12+,13-,14+/m1/s1. The van der Waals surface area contributed by atoms with Crippen LogP contribution in [0.5, 0.6) is 0 Å². The molecule has 0 aromatic rings. The fourth-order valence-corrected chi connectivity index (χ4v) is 2.46. The minimum Gasteiger partial charge on any atom is -0.382 e. The van der Waals surface area contributed by atoms with Crippen LogP contribution in [-0.4, -0.2) is 72.4 Å². The molecule has 0 aromatic heterocycles. The molecule has 6 nitrogen and oxygen atoms in total. The fourth-order valence-electron chi connectivity index (χ4n) is 2.46. The molecule has 0 unspecified atom stereocenters. The molecular weight excluding hydrogens is 264 g/mol. The molecule has 0 amide bonds. The molecule has 6 heteroatoms. The van der Waals surface area contributed by atoms with E-state index in [-0.39, 0.29) is 24.4 Å². The van der Waals surface area contributed by atoms with Gasteiger partial charge in [0.15, 0.2) is 6.29 Å². The van der Waals surface area contributed by atoms with Crippen molar-refractivity contribution in [1.29, 1.82) is 0 Å². The van der Waals surface area contributed by atoms with E-state index in [1.54, 1.807) is 28.4 Å². The Bertz CT molecular complexity index is 250. The third-order valence-corrected chi connectivity index (χ3v) is 3.52. The molecular formula is C14H28O6. The zero-order chi connectivity index (χ0) is 15.0. The van der Waals surface area contributed by atoms with Crippen LogP contribution in [0.2, 0.25) is 0 Å². The van der Waals surface area contributed by atoms with Gasteiger partial charge in [0.1, 0.15) is 24.4 Å². The lowest BCUT2D eigenvalue weighted by Gasteiger charge is -2.44. The summed E-state index contributed by atoms with van der Waals surface area (Å²) in [6, 6.07) is 0. The normalized spacial score (nSPS) is 34.4. The van der Waals surface area contributed by atoms with Gasteiger partial charge < -0.3 is 28.4 Å². The monoisotopic (exact) mass is 292 g/mol. The van der Waals surface area contributed by atoms with Gasteiger partial charge in [-0.2, -0.15) is 0 Å². The third-order valence-electron chi connectivity index (χ3n) is 3.52. The number of hydrogen-bond acceptors (Lipinski definition) is 6. The average Bonchev–Trinajstić information content (AvgIpc) is 2.47. The van der Waals surface area contributed by atoms with Gasteiger partial charge in [-0.3, -0.25) is 0 Å². The molecule has 0 radical (unpaired) electrons. The van der Waals surface area contributed by atoms with Crippen LogP contribution < -0.4 is 0 Å². The van der Waals surface area contributed by atoms with Crippen LogP contribution in [-0.2, 0) is 28.4 Å². The molecule has 0 aromatic carbocycles. The Balaban J connectivity index is 2.77. The Hall–Kier alpha value is -0.240. The Morgan fingerprint density at radius 3 is 2.05 bits per heavy atom. The highest BCUT2D eigenvalue weighted by Crippen LogP contribution is 2.28. The van der Waals surface area contributed by atoms with Crippen molar-refractivity contribution in [3.05, 3.63) is 0 Å². The smallest absolute Gasteiger partial charge is 0.186 e. The first kappa shape index (κ1) is 17.8. The Kier molecular flexibility index (Phi) is 8.60. The summed E-state index contributed by atoms with van der Waals surface area (Å²) in [5.41, 5.74) is 0. The molecule has 0 saturated carbocycles. The highest BCUT2D eigenvalue weighted by atomic mass is 16.7. The van der Waals surface area contributed by atoms with Gasteiger partial charge in [0.2, 0.25) is 0 Å². The Morgan fingerprint density at radius 2 is 1.55 bits per heavy atom. The van der Waals surface area contributed by atoms with E-state index in [1.807, 2.05) is 0 Å². The van der Waals surface area contributed by atoms with Crippen molar-refractivity contribution in [1.82, 2.24) is 0 Å². The minimum absolute atomic E-state index is 0.243. The van der Waals surface area contributed by atoms with Crippen LogP contribution in [0.4, 0.5) is 0 Å². The lowest BCUT2D eigenvalue weighted by Crippen LogP contribution is -2.61. The van der Waals surface area contributed by atoms with E-state index in [0.29, 0.717) is 13.2 Å². The first-order valence-electron chi connectivity index (χ1n) is 7.07. The van der Waals surface area contributed by atoms with Crippen molar-refractivity contribution in [2.24, 2.45) is 0 Å². The van der Waals surface area contributed by atoms with E-state index in [1.165, 1.54) is 0 Å². The SMILES string of the molecule is CCCCO[C@H]1O[C@H](COC)[C@H](OC)[C@H](OC)[C@H]1OC. The number of unbranched alkanes of at least 4 members (excludes halogenated alkanes) is 1. The van der Waals surface area contributed by atoms with Crippen molar-refractivity contribution in [2.45, 2.75) is 50.5 Å². The second-order valence-corrected chi connectivity index (χ2v) is 4.82. The molecule has 0 aliphatic carbocycles. The summed E-state index contributed by atoms with van der Waals surface area (Å²) in [6.07, 6.45) is 0.504. The Morgan fingerprint density at radius 1 is 0.900 bits per heavy atom. The molecule has 5 atom stereocenters. The molecule has 120 valence electrons. The summed E-state index contributed by atoms with van der Waals surface area (Å²) in [6.45, 7) is 3.17. The summed E-state index contributed by atoms with van der Waals surface area (Å²) < 4.78 is 33.5. The van der Waals surface area contributed by atoms with Gasteiger partial charge in [0, 0.05) is 35.0 Å². The predicted octanol–water partition coefficient (Wildman–Crippen LogP) is 1.22. The topological polar surface area (TPSA) is 55.4 Å². The summed E-state index contributed by atoms with van der Waals surface area (Å²) in [4.78, 5) is 0. The van der Waals surface area contributed by atoms with Crippen molar-refractivity contribution in [2.75, 3.05) is 41.7 Å². The van der Waals surface area contributed by atoms with Crippen LogP contribution in [0.1, 0.15) is 19.8 Å². The molecule has 1 fully saturated rings. The van der Waals surface area contributed by atoms with Gasteiger partial charge in [-0.05, 0) is 6.42 Å². The quantitative estimate of drug-likeness (QED) is 0.596. The zero-order valence-electron chi connectivity index (χ0n) is 13.2. The van der Waals surface area contributed by atoms with E-state index in [2.05, 4.69) is 6.92 Å². The van der Waals surface area contributed by atoms with Gasteiger partial charge in [-0.15, -0.1) is 0 Å². The second kappa shape index (κ2) is 9.65. The molecule has 20 heavy (non-hydrogen) atoms. The summed E-state index contributed by atoms with van der Waals surface area (Å²) >= 11 is 0. The van der Waals surface area contributed by atoms with Crippen molar-refractivity contribution in [3.63, 3.8) is 0 Å². The summed E-state index contributed by atoms with van der Waals surface area (Å²) in [5.74, 6) is 0. The summed E-state index contributed by atoms with van der Waals surface area (Å²) in [7, 11) is 6.53. The largest absolute Gasteiger partial charge is 0.382 e. The average molecular weight is 292 g/mol. The third kappa shape index (κ3) is 4.38. The number of rotatable bonds is 9. The van der Waals surface area contributed by atoms with Crippen LogP contribution in [0.25, 0.3) is 0 Å². The zero-order valence-corrected chi connectivity index (χ0v) is 13.2. The van der Waals surface area contributed by atoms with Crippen LogP contribution in [0, 0.1) is 0 Å². The van der Waals surface area contributed by atoms with E-state index in [4.69, 9.17) is 28.4 Å². The van der Waals surface area contributed by atoms with Crippen molar-refractivity contribution in [3.8, 4) is 0 Å². The molecule has 1 aliphatic heterocycles. The number of ether oxygens (including phenoxy) is 6. The highest BCUT2D eigenvalue weighted by Gasteiger charge is 2.47. The molecule has 0 spiro atoms. The van der Waals surface area contributed by atoms with E-state index >= 15 is 0 Å². The van der Waals surface area contributed by atoms with Gasteiger partial charge in [0.25, 0.3) is 0 Å². The van der Waals surface area contributed by atoms with Gasteiger partial charge >= 0.3 is 0 Å². The van der Waals surface area contributed by atoms with E-state index in [9.17, 15) is 0 Å². The lowest BCUT2D eigenvalue weighted by molar-refractivity contribution is -0.313. The molecule has 1 aliphatic rings. The maximum Gasteiger partial charge on any atom is 0.186 e. The van der Waals surface area contributed by atoms with Crippen LogP contribution in [0.3, 0.4) is 0 Å². The van der Waals surface area contributed by atoms with E-state index < -0.39 is 6.29 Å². The lowest BCUT2D eigenvalue weighted by atomic mass is 9.98. The highest BCUT2D eigenvalue weighted by molar-refractivity contribution is 4.92. The van der Waals surface area contributed by atoms with Crippen molar-refractivity contribution < 1.29 is 28.4 Å². The van der Waals surface area contributed by atoms with Crippen molar-refractivity contribution >= 4 is 0 Å². The van der Waals surface area contributed by atoms with Gasteiger partial charge in [0.05, 0.1) is 6.61 Å². The summed E-state index contributed by atoms with van der Waals surface area (Å²) in [5, 5.41) is 0. The maximum absolute atomic E-state index is 5.94. The minimum atomic E-state index is -0.469. The number of hydrogen-bond donors (Lipinski definition) is 0. The maximum atomic E-state index is 5.94. The van der Waals surface area contributed by atoms with Gasteiger partial charge in [-0.25, -0.2) is 0 Å². The molecule has 0 bridgehead atoms. The Labute approximate surface area is 121 Å². The first-order chi connectivity index (χ1) is 9.73. The molecule has 0 N–H and O–H groups in total. The van der Waals surface area contributed by atoms with Crippen LogP contribution >= 0.6 is 0 Å². The van der Waals surface area contributed by atoms with Gasteiger partial charge in [-0.1, -0.05) is 13.3 Å². The number of methoxy groups -OCH3 is 4. The van der Waals surface area contributed by atoms with Crippen LogP contribution in [0.15, 0.2) is 0 Å². The molecule has 1 saturated heterocycles.